The lowest BCUT2D eigenvalue weighted by Crippen LogP contribution is -2.47. The van der Waals surface area contributed by atoms with Crippen molar-refractivity contribution < 1.29 is 0 Å². The van der Waals surface area contributed by atoms with Crippen molar-refractivity contribution >= 4 is 0 Å². The van der Waals surface area contributed by atoms with E-state index in [0.29, 0.717) is 5.41 Å². The van der Waals surface area contributed by atoms with Gasteiger partial charge in [0.15, 0.2) is 0 Å². The van der Waals surface area contributed by atoms with Crippen LogP contribution in [0, 0.1) is 11.3 Å². The lowest BCUT2D eigenvalue weighted by Gasteiger charge is -2.41. The van der Waals surface area contributed by atoms with Crippen molar-refractivity contribution in [1.82, 2.24) is 15.1 Å². The molecule has 1 saturated carbocycles. The molecular formula is C18H37N3. The molecule has 1 aliphatic heterocycles. The van der Waals surface area contributed by atoms with Gasteiger partial charge in [0.25, 0.3) is 0 Å². The van der Waals surface area contributed by atoms with Gasteiger partial charge in [0.2, 0.25) is 0 Å². The fourth-order valence-corrected chi connectivity index (χ4v) is 4.00. The molecule has 2 fully saturated rings. The fraction of sp³-hybridized carbons (Fsp3) is 1.00. The second-order valence-corrected chi connectivity index (χ2v) is 7.92. The van der Waals surface area contributed by atoms with E-state index < -0.39 is 0 Å². The molecule has 0 unspecified atom stereocenters. The fourth-order valence-electron chi connectivity index (χ4n) is 4.00. The molecule has 21 heavy (non-hydrogen) atoms. The Bertz CT molecular complexity index is 289. The molecular weight excluding hydrogens is 258 g/mol. The Labute approximate surface area is 132 Å². The summed E-state index contributed by atoms with van der Waals surface area (Å²) in [6.07, 6.45) is 7.01. The zero-order valence-electron chi connectivity index (χ0n) is 14.8. The van der Waals surface area contributed by atoms with Crippen LogP contribution in [0.3, 0.4) is 0 Å². The maximum Gasteiger partial charge on any atom is 0.0110 e. The van der Waals surface area contributed by atoms with Crippen LogP contribution in [0.1, 0.15) is 52.9 Å². The van der Waals surface area contributed by atoms with E-state index in [1.165, 1.54) is 71.4 Å². The van der Waals surface area contributed by atoms with E-state index in [2.05, 4.69) is 42.9 Å². The molecule has 0 aromatic carbocycles. The number of likely N-dealkylation sites (N-methyl/N-ethyl adjacent to an activating group) is 1. The first kappa shape index (κ1) is 17.2. The van der Waals surface area contributed by atoms with Crippen LogP contribution in [0.25, 0.3) is 0 Å². The highest BCUT2D eigenvalue weighted by molar-refractivity contribution is 4.85. The Hall–Kier alpha value is -0.120. The van der Waals surface area contributed by atoms with E-state index in [1.54, 1.807) is 0 Å². The first-order valence-electron chi connectivity index (χ1n) is 9.16. The van der Waals surface area contributed by atoms with Crippen molar-refractivity contribution in [2.24, 2.45) is 11.3 Å². The molecule has 0 amide bonds. The molecule has 1 saturated heterocycles. The molecule has 0 atom stereocenters. The summed E-state index contributed by atoms with van der Waals surface area (Å²) in [4.78, 5) is 5.25. The van der Waals surface area contributed by atoms with Gasteiger partial charge in [-0.3, -0.25) is 4.90 Å². The normalized spacial score (nSPS) is 29.0. The Balaban J connectivity index is 1.69. The maximum atomic E-state index is 3.43. The first-order valence-corrected chi connectivity index (χ1v) is 9.16. The Morgan fingerprint density at radius 1 is 1.10 bits per heavy atom. The van der Waals surface area contributed by atoms with Crippen LogP contribution < -0.4 is 5.32 Å². The van der Waals surface area contributed by atoms with E-state index in [0.717, 1.165) is 12.0 Å². The summed E-state index contributed by atoms with van der Waals surface area (Å²) in [6, 6.07) is 0.830. The minimum absolute atomic E-state index is 0.546. The van der Waals surface area contributed by atoms with Crippen LogP contribution in [0.15, 0.2) is 0 Å². The van der Waals surface area contributed by atoms with Crippen molar-refractivity contribution in [2.45, 2.75) is 58.9 Å². The second-order valence-electron chi connectivity index (χ2n) is 7.92. The van der Waals surface area contributed by atoms with E-state index >= 15 is 0 Å². The highest BCUT2D eigenvalue weighted by atomic mass is 15.2. The molecule has 2 aliphatic rings. The van der Waals surface area contributed by atoms with Gasteiger partial charge in [0, 0.05) is 45.3 Å². The van der Waals surface area contributed by atoms with Crippen LogP contribution in [-0.2, 0) is 0 Å². The predicted octanol–water partition coefficient (Wildman–Crippen LogP) is 2.82. The summed E-state index contributed by atoms with van der Waals surface area (Å²) >= 11 is 0. The SMILES string of the molecule is CCC(C)(C)C1CCC(N(C)CCN2CCNCC2)CC1. The summed E-state index contributed by atoms with van der Waals surface area (Å²) in [6.45, 7) is 14.6. The third-order valence-corrected chi connectivity index (χ3v) is 6.32. The van der Waals surface area contributed by atoms with Gasteiger partial charge in [-0.05, 0) is 44.1 Å². The molecule has 124 valence electrons. The average Bonchev–Trinajstić information content (AvgIpc) is 2.53. The summed E-state index contributed by atoms with van der Waals surface area (Å²) in [7, 11) is 2.35. The quantitative estimate of drug-likeness (QED) is 0.813. The van der Waals surface area contributed by atoms with Crippen molar-refractivity contribution in [3.8, 4) is 0 Å². The molecule has 0 aromatic rings. The molecule has 1 heterocycles. The van der Waals surface area contributed by atoms with E-state index in [-0.39, 0.29) is 0 Å². The van der Waals surface area contributed by atoms with Gasteiger partial charge in [-0.25, -0.2) is 0 Å². The Kier molecular flexibility index (Phi) is 6.51. The van der Waals surface area contributed by atoms with Gasteiger partial charge < -0.3 is 10.2 Å². The van der Waals surface area contributed by atoms with Gasteiger partial charge in [-0.2, -0.15) is 0 Å². The maximum absolute atomic E-state index is 3.43. The molecule has 3 heteroatoms. The molecule has 0 aromatic heterocycles. The lowest BCUT2D eigenvalue weighted by molar-refractivity contribution is 0.0906. The number of nitrogens with zero attached hydrogens (tertiary/aromatic N) is 2. The molecule has 0 spiro atoms. The number of rotatable bonds is 6. The van der Waals surface area contributed by atoms with Crippen LogP contribution in [0.2, 0.25) is 0 Å². The standard InChI is InChI=1S/C18H37N3/c1-5-18(2,3)16-6-8-17(9-7-16)20(4)14-15-21-12-10-19-11-13-21/h16-17,19H,5-15H2,1-4H3. The van der Waals surface area contributed by atoms with Crippen LogP contribution in [0.5, 0.6) is 0 Å². The number of nitrogens with one attached hydrogen (secondary N) is 1. The smallest absolute Gasteiger partial charge is 0.0110 e. The Morgan fingerprint density at radius 3 is 2.29 bits per heavy atom. The highest BCUT2D eigenvalue weighted by Gasteiger charge is 2.32. The van der Waals surface area contributed by atoms with E-state index in [4.69, 9.17) is 0 Å². The molecule has 3 nitrogen and oxygen atoms in total. The summed E-state index contributed by atoms with van der Waals surface area (Å²) in [5, 5.41) is 3.43. The monoisotopic (exact) mass is 295 g/mol. The van der Waals surface area contributed by atoms with E-state index in [1.807, 2.05) is 0 Å². The van der Waals surface area contributed by atoms with Gasteiger partial charge >= 0.3 is 0 Å². The van der Waals surface area contributed by atoms with Crippen molar-refractivity contribution in [3.05, 3.63) is 0 Å². The van der Waals surface area contributed by atoms with Gasteiger partial charge in [-0.15, -0.1) is 0 Å². The predicted molar refractivity (Wildman–Crippen MR) is 91.8 cm³/mol. The van der Waals surface area contributed by atoms with Crippen LogP contribution >= 0.6 is 0 Å². The minimum atomic E-state index is 0.546. The van der Waals surface area contributed by atoms with Crippen LogP contribution in [0.4, 0.5) is 0 Å². The number of piperazine rings is 1. The topological polar surface area (TPSA) is 18.5 Å². The summed E-state index contributed by atoms with van der Waals surface area (Å²) in [5.74, 6) is 0.945. The van der Waals surface area contributed by atoms with Crippen molar-refractivity contribution in [3.63, 3.8) is 0 Å². The summed E-state index contributed by atoms with van der Waals surface area (Å²) < 4.78 is 0. The molecule has 0 bridgehead atoms. The number of hydrogen-bond donors (Lipinski definition) is 1. The zero-order valence-corrected chi connectivity index (χ0v) is 14.8. The molecule has 0 radical (unpaired) electrons. The molecule has 1 N–H and O–H groups in total. The third-order valence-electron chi connectivity index (χ3n) is 6.32. The molecule has 2 rings (SSSR count). The molecule has 1 aliphatic carbocycles. The van der Waals surface area contributed by atoms with Crippen molar-refractivity contribution in [1.29, 1.82) is 0 Å². The van der Waals surface area contributed by atoms with Crippen molar-refractivity contribution in [2.75, 3.05) is 46.3 Å². The van der Waals surface area contributed by atoms with Gasteiger partial charge in [0.05, 0.1) is 0 Å². The Morgan fingerprint density at radius 2 is 1.71 bits per heavy atom. The van der Waals surface area contributed by atoms with Crippen LogP contribution in [-0.4, -0.2) is 62.2 Å². The second kappa shape index (κ2) is 7.94. The van der Waals surface area contributed by atoms with Gasteiger partial charge in [0.1, 0.15) is 0 Å². The summed E-state index contributed by atoms with van der Waals surface area (Å²) in [5.41, 5.74) is 0.546. The zero-order chi connectivity index (χ0) is 15.3. The van der Waals surface area contributed by atoms with E-state index in [9.17, 15) is 0 Å². The first-order chi connectivity index (χ1) is 10.0. The highest BCUT2D eigenvalue weighted by Crippen LogP contribution is 2.41. The third kappa shape index (κ3) is 4.94. The largest absolute Gasteiger partial charge is 0.314 e. The lowest BCUT2D eigenvalue weighted by atomic mass is 9.69. The average molecular weight is 296 g/mol. The number of hydrogen-bond acceptors (Lipinski definition) is 3. The minimum Gasteiger partial charge on any atom is -0.314 e. The van der Waals surface area contributed by atoms with Gasteiger partial charge in [-0.1, -0.05) is 27.2 Å².